The van der Waals surface area contributed by atoms with E-state index < -0.39 is 18.3 Å². The number of aliphatic hydroxyl groups is 1. The molecular weight excluding hydrogens is 302 g/mol. The number of hydrogen-bond acceptors (Lipinski definition) is 4. The topological polar surface area (TPSA) is 55.8 Å². The van der Waals surface area contributed by atoms with Crippen molar-refractivity contribution in [2.45, 2.75) is 38.9 Å². The molecule has 1 saturated heterocycles. The average Bonchev–Trinajstić information content (AvgIpc) is 2.64. The summed E-state index contributed by atoms with van der Waals surface area (Å²) in [7, 11) is -0.631. The summed E-state index contributed by atoms with van der Waals surface area (Å²) in [4.78, 5) is 10.9. The Morgan fingerprint density at radius 2 is 1.73 bits per heavy atom. The highest BCUT2D eigenvalue weighted by molar-refractivity contribution is 6.55. The SMILES string of the molecule is CC1(C)OB(C(=Cc2cc(Cl)cc(C=O)c2)CO)OC1(C)C. The molecule has 0 atom stereocenters. The number of carbonyl (C=O) groups excluding carboxylic acids is 1. The first-order valence-electron chi connectivity index (χ1n) is 7.11. The van der Waals surface area contributed by atoms with Gasteiger partial charge in [-0.1, -0.05) is 17.7 Å². The summed E-state index contributed by atoms with van der Waals surface area (Å²) in [5.74, 6) is 0. The maximum Gasteiger partial charge on any atom is 0.492 e. The standard InChI is InChI=1S/C16H20BClO4/c1-15(2)16(3,4)22-17(21-15)13(10-20)6-11-5-12(9-19)8-14(18)7-11/h5-9,20H,10H2,1-4H3. The number of hydrogen-bond donors (Lipinski definition) is 1. The smallest absolute Gasteiger partial charge is 0.400 e. The van der Waals surface area contributed by atoms with Gasteiger partial charge in [-0.25, -0.2) is 0 Å². The van der Waals surface area contributed by atoms with Crippen LogP contribution >= 0.6 is 11.6 Å². The fourth-order valence-corrected chi connectivity index (χ4v) is 2.44. The Bertz CT molecular complexity index is 594. The molecule has 1 N–H and O–H groups in total. The van der Waals surface area contributed by atoms with Crippen LogP contribution in [0.25, 0.3) is 6.08 Å². The Labute approximate surface area is 136 Å². The van der Waals surface area contributed by atoms with Crippen molar-refractivity contribution in [3.05, 3.63) is 39.8 Å². The van der Waals surface area contributed by atoms with Crippen LogP contribution in [-0.4, -0.2) is 36.3 Å². The van der Waals surface area contributed by atoms with Crippen molar-refractivity contribution in [2.75, 3.05) is 6.61 Å². The normalized spacial score (nSPS) is 20.3. The van der Waals surface area contributed by atoms with E-state index in [0.29, 0.717) is 21.6 Å². The van der Waals surface area contributed by atoms with Crippen LogP contribution in [0.15, 0.2) is 23.7 Å². The van der Waals surface area contributed by atoms with Gasteiger partial charge in [-0.15, -0.1) is 0 Å². The fraction of sp³-hybridized carbons (Fsp3) is 0.438. The molecule has 22 heavy (non-hydrogen) atoms. The zero-order chi connectivity index (χ0) is 16.5. The summed E-state index contributed by atoms with van der Waals surface area (Å²) in [6, 6.07) is 4.99. The van der Waals surface area contributed by atoms with E-state index in [1.807, 2.05) is 27.7 Å². The van der Waals surface area contributed by atoms with E-state index in [-0.39, 0.29) is 6.61 Å². The lowest BCUT2D eigenvalue weighted by Gasteiger charge is -2.32. The molecule has 1 aromatic carbocycles. The van der Waals surface area contributed by atoms with E-state index >= 15 is 0 Å². The van der Waals surface area contributed by atoms with Crippen molar-refractivity contribution in [1.29, 1.82) is 0 Å². The molecule has 0 spiro atoms. The molecule has 2 rings (SSSR count). The average molecular weight is 323 g/mol. The molecule has 0 aliphatic carbocycles. The molecule has 1 aromatic rings. The Morgan fingerprint density at radius 3 is 2.23 bits per heavy atom. The van der Waals surface area contributed by atoms with Crippen molar-refractivity contribution >= 4 is 31.1 Å². The van der Waals surface area contributed by atoms with Gasteiger partial charge in [0.15, 0.2) is 0 Å². The predicted molar refractivity (Wildman–Crippen MR) is 88.0 cm³/mol. The van der Waals surface area contributed by atoms with Crippen molar-refractivity contribution in [3.63, 3.8) is 0 Å². The Morgan fingerprint density at radius 1 is 1.18 bits per heavy atom. The third kappa shape index (κ3) is 3.44. The molecule has 118 valence electrons. The molecule has 0 aromatic heterocycles. The lowest BCUT2D eigenvalue weighted by atomic mass is 9.77. The largest absolute Gasteiger partial charge is 0.492 e. The summed E-state index contributed by atoms with van der Waals surface area (Å²) < 4.78 is 11.8. The molecule has 0 radical (unpaired) electrons. The number of aldehydes is 1. The predicted octanol–water partition coefficient (Wildman–Crippen LogP) is 3.16. The van der Waals surface area contributed by atoms with Crippen LogP contribution in [-0.2, 0) is 9.31 Å². The highest BCUT2D eigenvalue weighted by Crippen LogP contribution is 2.38. The highest BCUT2D eigenvalue weighted by atomic mass is 35.5. The van der Waals surface area contributed by atoms with Gasteiger partial charge in [0.25, 0.3) is 0 Å². The number of rotatable bonds is 4. The van der Waals surface area contributed by atoms with Gasteiger partial charge in [-0.05, 0) is 56.9 Å². The maximum atomic E-state index is 10.9. The second kappa shape index (κ2) is 6.16. The summed E-state index contributed by atoms with van der Waals surface area (Å²) in [5.41, 5.74) is 0.818. The third-order valence-electron chi connectivity index (χ3n) is 4.17. The van der Waals surface area contributed by atoms with E-state index in [9.17, 15) is 9.90 Å². The number of aliphatic hydroxyl groups excluding tert-OH is 1. The molecule has 1 aliphatic heterocycles. The molecule has 0 amide bonds. The van der Waals surface area contributed by atoms with Crippen molar-refractivity contribution < 1.29 is 19.2 Å². The molecule has 0 unspecified atom stereocenters. The number of benzene rings is 1. The van der Waals surface area contributed by atoms with Crippen LogP contribution in [0.2, 0.25) is 5.02 Å². The molecule has 1 aliphatic rings. The lowest BCUT2D eigenvalue weighted by Crippen LogP contribution is -2.41. The quantitative estimate of drug-likeness (QED) is 0.683. The van der Waals surface area contributed by atoms with E-state index in [1.165, 1.54) is 0 Å². The first-order chi connectivity index (χ1) is 10.2. The summed E-state index contributed by atoms with van der Waals surface area (Å²) in [6.45, 7) is 7.59. The van der Waals surface area contributed by atoms with Gasteiger partial charge in [-0.2, -0.15) is 0 Å². The van der Waals surface area contributed by atoms with Crippen LogP contribution in [0.4, 0.5) is 0 Å². The molecule has 6 heteroatoms. The highest BCUT2D eigenvalue weighted by Gasteiger charge is 2.52. The van der Waals surface area contributed by atoms with E-state index in [4.69, 9.17) is 20.9 Å². The minimum atomic E-state index is -0.631. The van der Waals surface area contributed by atoms with Crippen molar-refractivity contribution in [2.24, 2.45) is 0 Å². The molecular formula is C16H20BClO4. The van der Waals surface area contributed by atoms with Gasteiger partial charge in [0.05, 0.1) is 17.8 Å². The lowest BCUT2D eigenvalue weighted by molar-refractivity contribution is 0.00578. The Balaban J connectivity index is 2.33. The van der Waals surface area contributed by atoms with Crippen LogP contribution in [0.3, 0.4) is 0 Å². The van der Waals surface area contributed by atoms with Crippen LogP contribution < -0.4 is 0 Å². The van der Waals surface area contributed by atoms with E-state index in [2.05, 4.69) is 0 Å². The fourth-order valence-electron chi connectivity index (χ4n) is 2.18. The molecule has 1 fully saturated rings. The van der Waals surface area contributed by atoms with Crippen molar-refractivity contribution in [1.82, 2.24) is 0 Å². The van der Waals surface area contributed by atoms with E-state index in [0.717, 1.165) is 6.29 Å². The summed E-state index contributed by atoms with van der Waals surface area (Å²) >= 11 is 5.99. The van der Waals surface area contributed by atoms with Gasteiger partial charge in [0, 0.05) is 10.6 Å². The molecule has 1 heterocycles. The monoisotopic (exact) mass is 322 g/mol. The maximum absolute atomic E-state index is 10.9. The second-order valence-electron chi connectivity index (χ2n) is 6.40. The van der Waals surface area contributed by atoms with Crippen LogP contribution in [0.5, 0.6) is 0 Å². The van der Waals surface area contributed by atoms with Crippen LogP contribution in [0.1, 0.15) is 43.6 Å². The first kappa shape index (κ1) is 17.2. The van der Waals surface area contributed by atoms with Gasteiger partial charge in [0.2, 0.25) is 0 Å². The van der Waals surface area contributed by atoms with E-state index in [1.54, 1.807) is 24.3 Å². The van der Waals surface area contributed by atoms with Crippen molar-refractivity contribution in [3.8, 4) is 0 Å². The molecule has 4 nitrogen and oxygen atoms in total. The summed E-state index contributed by atoms with van der Waals surface area (Å²) in [5, 5.41) is 10.1. The second-order valence-corrected chi connectivity index (χ2v) is 6.84. The Kier molecular flexibility index (Phi) is 4.83. The van der Waals surface area contributed by atoms with Crippen LogP contribution in [0, 0.1) is 0 Å². The zero-order valence-corrected chi connectivity index (χ0v) is 14.0. The minimum absolute atomic E-state index is 0.209. The third-order valence-corrected chi connectivity index (χ3v) is 4.39. The first-order valence-corrected chi connectivity index (χ1v) is 7.49. The van der Waals surface area contributed by atoms with Gasteiger partial charge < -0.3 is 14.4 Å². The number of carbonyl (C=O) groups is 1. The minimum Gasteiger partial charge on any atom is -0.400 e. The molecule has 0 saturated carbocycles. The van der Waals surface area contributed by atoms with Gasteiger partial charge >= 0.3 is 7.12 Å². The van der Waals surface area contributed by atoms with Gasteiger partial charge in [0.1, 0.15) is 6.29 Å². The Hall–Kier alpha value is -1.14. The summed E-state index contributed by atoms with van der Waals surface area (Å²) in [6.07, 6.45) is 2.47. The number of halogens is 1. The zero-order valence-electron chi connectivity index (χ0n) is 13.2. The molecule has 0 bridgehead atoms. The van der Waals surface area contributed by atoms with Gasteiger partial charge in [-0.3, -0.25) is 4.79 Å².